The maximum absolute atomic E-state index is 12.1. The summed E-state index contributed by atoms with van der Waals surface area (Å²) < 4.78 is 5.40. The summed E-state index contributed by atoms with van der Waals surface area (Å²) in [6.45, 7) is 6.21. The van der Waals surface area contributed by atoms with Gasteiger partial charge in [0.15, 0.2) is 5.16 Å². The first kappa shape index (κ1) is 27.7. The van der Waals surface area contributed by atoms with E-state index < -0.39 is 11.3 Å². The largest absolute Gasteiger partial charge is 0.425 e. The molecule has 0 aliphatic carbocycles. The Morgan fingerprint density at radius 2 is 1.48 bits per heavy atom. The van der Waals surface area contributed by atoms with E-state index in [0.29, 0.717) is 5.75 Å². The SMILES string of the molecule is CCCCCCCCCCCSc1ncc(-c2ccc(OC(=O)C(Cl)C(C)CC)cc2)cn1. The van der Waals surface area contributed by atoms with Gasteiger partial charge in [0.2, 0.25) is 0 Å². The second kappa shape index (κ2) is 16.1. The van der Waals surface area contributed by atoms with Gasteiger partial charge in [-0.25, -0.2) is 9.97 Å². The first-order valence-corrected chi connectivity index (χ1v) is 13.9. The minimum absolute atomic E-state index is 0.0762. The smallest absolute Gasteiger partial charge is 0.329 e. The van der Waals surface area contributed by atoms with Crippen molar-refractivity contribution in [1.82, 2.24) is 9.97 Å². The van der Waals surface area contributed by atoms with Crippen molar-refractivity contribution >= 4 is 29.3 Å². The molecule has 6 heteroatoms. The van der Waals surface area contributed by atoms with E-state index in [9.17, 15) is 4.79 Å². The monoisotopic (exact) mass is 490 g/mol. The third-order valence-corrected chi connectivity index (χ3v) is 7.45. The quantitative estimate of drug-likeness (QED) is 0.0590. The number of benzene rings is 1. The van der Waals surface area contributed by atoms with Crippen LogP contribution in [0.2, 0.25) is 0 Å². The fraction of sp³-hybridized carbons (Fsp3) is 0.593. The number of esters is 1. The molecule has 1 aromatic heterocycles. The number of unbranched alkanes of at least 4 members (excludes halogenated alkanes) is 8. The molecular weight excluding hydrogens is 452 g/mol. The zero-order chi connectivity index (χ0) is 23.9. The van der Waals surface area contributed by atoms with Gasteiger partial charge in [-0.3, -0.25) is 4.79 Å². The maximum atomic E-state index is 12.1. The van der Waals surface area contributed by atoms with E-state index >= 15 is 0 Å². The number of ether oxygens (including phenoxy) is 1. The second-order valence-electron chi connectivity index (χ2n) is 8.66. The Bertz CT molecular complexity index is 799. The van der Waals surface area contributed by atoms with Crippen LogP contribution >= 0.6 is 23.4 Å². The number of alkyl halides is 1. The number of hydrogen-bond donors (Lipinski definition) is 0. The van der Waals surface area contributed by atoms with Gasteiger partial charge >= 0.3 is 5.97 Å². The Morgan fingerprint density at radius 1 is 0.909 bits per heavy atom. The van der Waals surface area contributed by atoms with Crippen LogP contribution in [0.1, 0.15) is 85.0 Å². The molecule has 1 aromatic carbocycles. The third-order valence-electron chi connectivity index (χ3n) is 5.88. The number of thioether (sulfide) groups is 1. The van der Waals surface area contributed by atoms with Gasteiger partial charge in [-0.05, 0) is 30.0 Å². The number of rotatable bonds is 16. The van der Waals surface area contributed by atoms with Crippen LogP contribution in [-0.4, -0.2) is 27.1 Å². The molecular formula is C27H39ClN2O2S. The van der Waals surface area contributed by atoms with Gasteiger partial charge in [0, 0.05) is 23.7 Å². The molecule has 0 N–H and O–H groups in total. The molecule has 2 unspecified atom stereocenters. The molecule has 0 spiro atoms. The molecule has 182 valence electrons. The Kier molecular flexibility index (Phi) is 13.5. The van der Waals surface area contributed by atoms with Crippen molar-refractivity contribution in [3.05, 3.63) is 36.7 Å². The highest BCUT2D eigenvalue weighted by Crippen LogP contribution is 2.24. The van der Waals surface area contributed by atoms with Crippen molar-refractivity contribution in [3.63, 3.8) is 0 Å². The summed E-state index contributed by atoms with van der Waals surface area (Å²) in [5.41, 5.74) is 1.92. The van der Waals surface area contributed by atoms with E-state index in [0.717, 1.165) is 28.5 Å². The Morgan fingerprint density at radius 3 is 2.06 bits per heavy atom. The standard InChI is InChI=1S/C27H39ClN2O2S/c1-4-6-7-8-9-10-11-12-13-18-33-27-29-19-23(20-30-27)22-14-16-24(17-15-22)32-26(31)25(28)21(3)5-2/h14-17,19-21,25H,4-13,18H2,1-3H3. The first-order chi connectivity index (χ1) is 16.0. The van der Waals surface area contributed by atoms with Crippen molar-refractivity contribution in [2.75, 3.05) is 5.75 Å². The van der Waals surface area contributed by atoms with E-state index in [1.165, 1.54) is 57.8 Å². The van der Waals surface area contributed by atoms with Gasteiger partial charge in [0.25, 0.3) is 0 Å². The lowest BCUT2D eigenvalue weighted by molar-refractivity contribution is -0.134. The van der Waals surface area contributed by atoms with E-state index in [-0.39, 0.29) is 5.92 Å². The van der Waals surface area contributed by atoms with Crippen LogP contribution in [0, 0.1) is 5.92 Å². The summed E-state index contributed by atoms with van der Waals surface area (Å²) in [7, 11) is 0. The number of carbonyl (C=O) groups excluding carboxylic acids is 1. The molecule has 0 bridgehead atoms. The number of nitrogens with zero attached hydrogens (tertiary/aromatic N) is 2. The predicted octanol–water partition coefficient (Wildman–Crippen LogP) is 8.33. The van der Waals surface area contributed by atoms with Gasteiger partial charge in [-0.15, -0.1) is 11.6 Å². The van der Waals surface area contributed by atoms with E-state index in [2.05, 4.69) is 16.9 Å². The minimum Gasteiger partial charge on any atom is -0.425 e. The van der Waals surface area contributed by atoms with Crippen LogP contribution < -0.4 is 4.74 Å². The number of halogens is 1. The Labute approximate surface area is 209 Å². The van der Waals surface area contributed by atoms with Crippen LogP contribution in [0.5, 0.6) is 5.75 Å². The normalized spacial score (nSPS) is 13.0. The van der Waals surface area contributed by atoms with Crippen LogP contribution in [-0.2, 0) is 4.79 Å². The molecule has 1 heterocycles. The van der Waals surface area contributed by atoms with Crippen molar-refractivity contribution < 1.29 is 9.53 Å². The van der Waals surface area contributed by atoms with Crippen LogP contribution in [0.25, 0.3) is 11.1 Å². The zero-order valence-corrected chi connectivity index (χ0v) is 22.0. The third kappa shape index (κ3) is 10.5. The highest BCUT2D eigenvalue weighted by molar-refractivity contribution is 7.99. The lowest BCUT2D eigenvalue weighted by atomic mass is 10.1. The topological polar surface area (TPSA) is 52.1 Å². The number of aromatic nitrogens is 2. The van der Waals surface area contributed by atoms with Crippen molar-refractivity contribution in [2.24, 2.45) is 5.92 Å². The first-order valence-electron chi connectivity index (χ1n) is 12.5. The summed E-state index contributed by atoms with van der Waals surface area (Å²) in [6.07, 6.45) is 16.6. The van der Waals surface area contributed by atoms with Crippen LogP contribution in [0.3, 0.4) is 0 Å². The van der Waals surface area contributed by atoms with Crippen LogP contribution in [0.4, 0.5) is 0 Å². The number of carbonyl (C=O) groups is 1. The molecule has 33 heavy (non-hydrogen) atoms. The number of hydrogen-bond acceptors (Lipinski definition) is 5. The lowest BCUT2D eigenvalue weighted by Gasteiger charge is -2.15. The van der Waals surface area contributed by atoms with Crippen molar-refractivity contribution in [1.29, 1.82) is 0 Å². The van der Waals surface area contributed by atoms with E-state index in [1.807, 2.05) is 38.4 Å². The maximum Gasteiger partial charge on any atom is 0.329 e. The van der Waals surface area contributed by atoms with Gasteiger partial charge in [-0.2, -0.15) is 0 Å². The molecule has 2 aromatic rings. The lowest BCUT2D eigenvalue weighted by Crippen LogP contribution is -2.26. The highest BCUT2D eigenvalue weighted by atomic mass is 35.5. The molecule has 0 saturated heterocycles. The summed E-state index contributed by atoms with van der Waals surface area (Å²) >= 11 is 7.89. The summed E-state index contributed by atoms with van der Waals surface area (Å²) in [5.74, 6) is 1.22. The van der Waals surface area contributed by atoms with E-state index in [1.54, 1.807) is 23.9 Å². The molecule has 4 nitrogen and oxygen atoms in total. The fourth-order valence-corrected chi connectivity index (χ4v) is 4.45. The summed E-state index contributed by atoms with van der Waals surface area (Å²) in [4.78, 5) is 21.1. The van der Waals surface area contributed by atoms with Gasteiger partial charge in [-0.1, -0.05) is 102 Å². The minimum atomic E-state index is -0.635. The molecule has 0 aliphatic rings. The molecule has 0 fully saturated rings. The van der Waals surface area contributed by atoms with E-state index in [4.69, 9.17) is 16.3 Å². The molecule has 0 amide bonds. The predicted molar refractivity (Wildman–Crippen MR) is 140 cm³/mol. The van der Waals surface area contributed by atoms with Crippen LogP contribution in [0.15, 0.2) is 41.8 Å². The Balaban J connectivity index is 1.70. The molecule has 0 radical (unpaired) electrons. The van der Waals surface area contributed by atoms with Crippen molar-refractivity contribution in [3.8, 4) is 16.9 Å². The Hall–Kier alpha value is -1.59. The highest BCUT2D eigenvalue weighted by Gasteiger charge is 2.23. The average molecular weight is 491 g/mol. The summed E-state index contributed by atoms with van der Waals surface area (Å²) in [5, 5.41) is 0.186. The fourth-order valence-electron chi connectivity index (χ4n) is 3.44. The molecule has 2 rings (SSSR count). The molecule has 0 saturated carbocycles. The van der Waals surface area contributed by atoms with Crippen molar-refractivity contribution in [2.45, 2.75) is 95.5 Å². The molecule has 0 aliphatic heterocycles. The second-order valence-corrected chi connectivity index (χ2v) is 10.2. The average Bonchev–Trinajstić information content (AvgIpc) is 2.85. The molecule has 2 atom stereocenters. The zero-order valence-electron chi connectivity index (χ0n) is 20.4. The van der Waals surface area contributed by atoms with Gasteiger partial charge < -0.3 is 4.74 Å². The van der Waals surface area contributed by atoms with Gasteiger partial charge in [0.1, 0.15) is 11.1 Å². The summed E-state index contributed by atoms with van der Waals surface area (Å²) in [6, 6.07) is 7.37. The van der Waals surface area contributed by atoms with Gasteiger partial charge in [0.05, 0.1) is 0 Å².